The van der Waals surface area contributed by atoms with Gasteiger partial charge in [0.2, 0.25) is 15.0 Å². The van der Waals surface area contributed by atoms with E-state index in [1.165, 1.54) is 0 Å². The predicted octanol–water partition coefficient (Wildman–Crippen LogP) is 3.65. The first-order valence-corrected chi connectivity index (χ1v) is 12.3. The number of rotatable bonds is 10. The van der Waals surface area contributed by atoms with Crippen molar-refractivity contribution in [3.63, 3.8) is 0 Å². The molecule has 0 aromatic carbocycles. The zero-order valence-electron chi connectivity index (χ0n) is 16.5. The average molecular weight is 411 g/mol. The van der Waals surface area contributed by atoms with Gasteiger partial charge in [-0.1, -0.05) is 19.8 Å². The normalized spacial score (nSPS) is 15.4. The lowest BCUT2D eigenvalue weighted by Crippen LogP contribution is -2.25. The Morgan fingerprint density at radius 2 is 2.11 bits per heavy atom. The van der Waals surface area contributed by atoms with E-state index < -0.39 is 9.84 Å². The molecular weight excluding hydrogens is 380 g/mol. The monoisotopic (exact) mass is 410 g/mol. The number of nitrogens with zero attached hydrogens (tertiary/aromatic N) is 4. The summed E-state index contributed by atoms with van der Waals surface area (Å²) in [7, 11) is -1.29. The van der Waals surface area contributed by atoms with Gasteiger partial charge in [0.1, 0.15) is 0 Å². The van der Waals surface area contributed by atoms with Gasteiger partial charge in [-0.15, -0.1) is 11.3 Å². The molecule has 0 spiro atoms. The third kappa shape index (κ3) is 5.18. The first-order valence-electron chi connectivity index (χ1n) is 9.75. The van der Waals surface area contributed by atoms with Crippen LogP contribution in [0.2, 0.25) is 0 Å². The molecule has 0 aliphatic heterocycles. The Labute approximate surface area is 166 Å². The third-order valence-electron chi connectivity index (χ3n) is 5.13. The van der Waals surface area contributed by atoms with Gasteiger partial charge < -0.3 is 4.57 Å². The Bertz CT molecular complexity index is 853. The molecule has 6 nitrogen and oxygen atoms in total. The molecule has 1 fully saturated rings. The predicted molar refractivity (Wildman–Crippen MR) is 109 cm³/mol. The second-order valence-electron chi connectivity index (χ2n) is 7.65. The van der Waals surface area contributed by atoms with E-state index in [1.807, 2.05) is 18.5 Å². The van der Waals surface area contributed by atoms with Crippen LogP contribution >= 0.6 is 11.3 Å². The van der Waals surface area contributed by atoms with Crippen molar-refractivity contribution in [3.05, 3.63) is 28.0 Å². The summed E-state index contributed by atoms with van der Waals surface area (Å²) in [4.78, 5) is 11.0. The topological polar surface area (TPSA) is 68.1 Å². The number of sulfone groups is 1. The van der Waals surface area contributed by atoms with E-state index in [-0.39, 0.29) is 10.9 Å². The quantitative estimate of drug-likeness (QED) is 0.598. The van der Waals surface area contributed by atoms with Crippen molar-refractivity contribution >= 4 is 21.2 Å². The first kappa shape index (κ1) is 20.5. The van der Waals surface area contributed by atoms with E-state index in [0.717, 1.165) is 55.0 Å². The van der Waals surface area contributed by atoms with E-state index in [2.05, 4.69) is 27.2 Å². The molecule has 1 aliphatic carbocycles. The van der Waals surface area contributed by atoms with Crippen molar-refractivity contribution in [3.8, 4) is 0 Å². The largest absolute Gasteiger partial charge is 0.318 e. The molecule has 1 aliphatic rings. The highest BCUT2D eigenvalue weighted by molar-refractivity contribution is 7.91. The van der Waals surface area contributed by atoms with Gasteiger partial charge >= 0.3 is 0 Å². The highest BCUT2D eigenvalue weighted by Gasteiger charge is 2.30. The Balaban J connectivity index is 1.76. The number of imidazole rings is 1. The van der Waals surface area contributed by atoms with Crippen LogP contribution in [0.5, 0.6) is 0 Å². The van der Waals surface area contributed by atoms with Crippen LogP contribution in [0.15, 0.2) is 16.7 Å². The van der Waals surface area contributed by atoms with Crippen LogP contribution in [-0.2, 0) is 29.5 Å². The Kier molecular flexibility index (Phi) is 6.70. The molecule has 2 aromatic heterocycles. The van der Waals surface area contributed by atoms with Crippen LogP contribution in [0, 0.1) is 12.8 Å². The highest BCUT2D eigenvalue weighted by atomic mass is 32.2. The molecule has 0 N–H and O–H groups in total. The van der Waals surface area contributed by atoms with E-state index in [1.54, 1.807) is 17.5 Å². The summed E-state index contributed by atoms with van der Waals surface area (Å²) in [6, 6.07) is 0. The maximum absolute atomic E-state index is 12.9. The number of aryl methyl sites for hydroxylation is 1. The molecule has 0 bridgehead atoms. The number of unbranched alkanes of at least 4 members (excludes halogenated alkanes) is 1. The van der Waals surface area contributed by atoms with E-state index >= 15 is 0 Å². The zero-order chi connectivity index (χ0) is 19.4. The second-order valence-corrected chi connectivity index (χ2v) is 10.6. The molecule has 2 aromatic rings. The van der Waals surface area contributed by atoms with Gasteiger partial charge in [-0.05, 0) is 39.2 Å². The minimum absolute atomic E-state index is 0.240. The van der Waals surface area contributed by atoms with Gasteiger partial charge in [-0.2, -0.15) is 0 Å². The van der Waals surface area contributed by atoms with Crippen molar-refractivity contribution in [2.75, 3.05) is 12.8 Å². The fourth-order valence-electron chi connectivity index (χ4n) is 3.46. The Hall–Kier alpha value is -1.25. The molecule has 150 valence electrons. The van der Waals surface area contributed by atoms with Crippen molar-refractivity contribution in [2.45, 2.75) is 70.7 Å². The summed E-state index contributed by atoms with van der Waals surface area (Å²) in [6.45, 7) is 6.23. The van der Waals surface area contributed by atoms with Crippen LogP contribution in [0.3, 0.4) is 0 Å². The summed E-state index contributed by atoms with van der Waals surface area (Å²) >= 11 is 1.65. The summed E-state index contributed by atoms with van der Waals surface area (Å²) in [5.74, 6) is 0.550. The minimum Gasteiger partial charge on any atom is -0.318 e. The molecule has 0 amide bonds. The lowest BCUT2D eigenvalue weighted by molar-refractivity contribution is 0.303. The lowest BCUT2D eigenvalue weighted by Gasteiger charge is -2.25. The molecule has 3 rings (SSSR count). The van der Waals surface area contributed by atoms with Gasteiger partial charge in [0.15, 0.2) is 0 Å². The van der Waals surface area contributed by atoms with Crippen molar-refractivity contribution < 1.29 is 8.42 Å². The molecule has 0 saturated heterocycles. The van der Waals surface area contributed by atoms with Crippen LogP contribution < -0.4 is 0 Å². The Morgan fingerprint density at radius 1 is 1.33 bits per heavy atom. The molecule has 27 heavy (non-hydrogen) atoms. The number of aromatic nitrogens is 3. The maximum Gasteiger partial charge on any atom is 0.227 e. The molecule has 0 atom stereocenters. The van der Waals surface area contributed by atoms with Crippen molar-refractivity contribution in [1.82, 2.24) is 19.4 Å². The summed E-state index contributed by atoms with van der Waals surface area (Å²) in [6.07, 6.45) is 6.91. The molecular formula is C19H30N4O2S2. The van der Waals surface area contributed by atoms with Gasteiger partial charge in [0.05, 0.1) is 28.3 Å². The number of thiazole rings is 1. The van der Waals surface area contributed by atoms with Crippen molar-refractivity contribution in [2.24, 2.45) is 5.92 Å². The van der Waals surface area contributed by atoms with Crippen LogP contribution in [0.25, 0.3) is 0 Å². The highest BCUT2D eigenvalue weighted by Crippen LogP contribution is 2.30. The Morgan fingerprint density at radius 3 is 2.70 bits per heavy atom. The van der Waals surface area contributed by atoms with Gasteiger partial charge in [-0.25, -0.2) is 18.4 Å². The number of hydrogen-bond donors (Lipinski definition) is 0. The SMILES string of the molecule is CCCCn1c(CN(C)Cc2csc(C)n2)cnc1S(=O)(=O)CC1CCC1. The minimum atomic E-state index is -3.33. The third-order valence-corrected chi connectivity index (χ3v) is 7.74. The first-order chi connectivity index (χ1) is 12.9. The average Bonchev–Trinajstić information content (AvgIpc) is 3.16. The fourth-order valence-corrected chi connectivity index (χ4v) is 5.92. The van der Waals surface area contributed by atoms with Crippen molar-refractivity contribution in [1.29, 1.82) is 0 Å². The lowest BCUT2D eigenvalue weighted by atomic mass is 9.87. The van der Waals surface area contributed by atoms with Gasteiger partial charge in [-0.3, -0.25) is 4.90 Å². The number of hydrogen-bond acceptors (Lipinski definition) is 6. The van der Waals surface area contributed by atoms with Crippen LogP contribution in [-0.4, -0.2) is 40.7 Å². The second kappa shape index (κ2) is 8.84. The standard InChI is InChI=1S/C19H30N4O2S2/c1-4-5-9-23-18(12-22(3)11-17-13-26-15(2)21-17)10-20-19(23)27(24,25)14-16-7-6-8-16/h10,13,16H,4-9,11-12,14H2,1-3H3. The van der Waals surface area contributed by atoms with E-state index in [0.29, 0.717) is 19.0 Å². The fraction of sp³-hybridized carbons (Fsp3) is 0.684. The molecule has 0 radical (unpaired) electrons. The molecule has 8 heteroatoms. The van der Waals surface area contributed by atoms with Gasteiger partial charge in [0.25, 0.3) is 0 Å². The van der Waals surface area contributed by atoms with Gasteiger partial charge in [0, 0.05) is 25.0 Å². The molecule has 2 heterocycles. The summed E-state index contributed by atoms with van der Waals surface area (Å²) < 4.78 is 27.7. The summed E-state index contributed by atoms with van der Waals surface area (Å²) in [5.41, 5.74) is 2.02. The maximum atomic E-state index is 12.9. The molecule has 0 unspecified atom stereocenters. The van der Waals surface area contributed by atoms with Crippen LogP contribution in [0.1, 0.15) is 55.4 Å². The smallest absolute Gasteiger partial charge is 0.227 e. The van der Waals surface area contributed by atoms with E-state index in [9.17, 15) is 8.42 Å². The van der Waals surface area contributed by atoms with E-state index in [4.69, 9.17) is 0 Å². The molecule has 1 saturated carbocycles. The van der Waals surface area contributed by atoms with Crippen LogP contribution in [0.4, 0.5) is 0 Å². The summed E-state index contributed by atoms with van der Waals surface area (Å²) in [5, 5.41) is 3.40. The zero-order valence-corrected chi connectivity index (χ0v) is 18.2.